The summed E-state index contributed by atoms with van der Waals surface area (Å²) >= 11 is 0. The maximum Gasteiger partial charge on any atom is 0.0651 e. The first-order valence-corrected chi connectivity index (χ1v) is 12.2. The lowest BCUT2D eigenvalue weighted by Gasteiger charge is -2.44. The molecule has 3 nitrogen and oxygen atoms in total. The highest BCUT2D eigenvalue weighted by Crippen LogP contribution is 2.59. The third-order valence-corrected chi connectivity index (χ3v) is 8.56. The van der Waals surface area contributed by atoms with E-state index in [-0.39, 0.29) is 5.92 Å². The van der Waals surface area contributed by atoms with Crippen molar-refractivity contribution in [3.8, 4) is 0 Å². The zero-order valence-corrected chi connectivity index (χ0v) is 19.8. The van der Waals surface area contributed by atoms with Gasteiger partial charge < -0.3 is 15.3 Å². The average Bonchev–Trinajstić information content (AvgIpc) is 3.00. The van der Waals surface area contributed by atoms with Gasteiger partial charge in [0.1, 0.15) is 0 Å². The zero-order valence-electron chi connectivity index (χ0n) is 19.8. The minimum atomic E-state index is -0.674. The number of aliphatic hydroxyl groups is 3. The molecule has 3 aliphatic carbocycles. The maximum atomic E-state index is 10.2. The summed E-state index contributed by atoms with van der Waals surface area (Å²) in [7, 11) is 0. The van der Waals surface area contributed by atoms with Crippen molar-refractivity contribution in [1.29, 1.82) is 0 Å². The van der Waals surface area contributed by atoms with Crippen LogP contribution in [0.25, 0.3) is 0 Å². The van der Waals surface area contributed by atoms with Crippen LogP contribution in [0, 0.1) is 29.1 Å². The molecule has 0 aromatic carbocycles. The summed E-state index contributed by atoms with van der Waals surface area (Å²) in [6.45, 7) is 10.7. The van der Waals surface area contributed by atoms with Gasteiger partial charge >= 0.3 is 0 Å². The fourth-order valence-corrected chi connectivity index (χ4v) is 6.39. The van der Waals surface area contributed by atoms with Gasteiger partial charge in [0.25, 0.3) is 0 Å². The van der Waals surface area contributed by atoms with E-state index in [0.717, 1.165) is 0 Å². The number of hydrogen-bond acceptors (Lipinski definition) is 3. The first-order chi connectivity index (χ1) is 14.0. The lowest BCUT2D eigenvalue weighted by Crippen LogP contribution is -2.35. The Morgan fingerprint density at radius 3 is 2.33 bits per heavy atom. The van der Waals surface area contributed by atoms with Crippen LogP contribution < -0.4 is 0 Å². The van der Waals surface area contributed by atoms with Crippen LogP contribution in [0.15, 0.2) is 35.5 Å². The summed E-state index contributed by atoms with van der Waals surface area (Å²) in [5.41, 5.74) is 2.43. The Balaban J connectivity index is 1.73. The van der Waals surface area contributed by atoms with Crippen molar-refractivity contribution >= 4 is 0 Å². The molecule has 3 aliphatic rings. The smallest absolute Gasteiger partial charge is 0.0651 e. The maximum absolute atomic E-state index is 10.2. The van der Waals surface area contributed by atoms with E-state index in [2.05, 4.69) is 45.1 Å². The lowest BCUT2D eigenvalue weighted by atomic mass is 9.61. The molecule has 3 heteroatoms. The van der Waals surface area contributed by atoms with Crippen LogP contribution in [0.5, 0.6) is 0 Å². The van der Waals surface area contributed by atoms with Crippen LogP contribution in [0.1, 0.15) is 86.0 Å². The molecule has 0 spiro atoms. The molecule has 7 atom stereocenters. The number of fused-ring (bicyclic) bond motifs is 1. The van der Waals surface area contributed by atoms with Crippen molar-refractivity contribution in [2.24, 2.45) is 29.1 Å². The molecule has 3 rings (SSSR count). The molecule has 3 saturated carbocycles. The van der Waals surface area contributed by atoms with Crippen LogP contribution >= 0.6 is 0 Å². The van der Waals surface area contributed by atoms with E-state index in [4.69, 9.17) is 0 Å². The molecule has 0 heterocycles. The van der Waals surface area contributed by atoms with Gasteiger partial charge in [-0.3, -0.25) is 0 Å². The molecule has 0 amide bonds. The predicted molar refractivity (Wildman–Crippen MR) is 124 cm³/mol. The van der Waals surface area contributed by atoms with Crippen molar-refractivity contribution < 1.29 is 15.3 Å². The molecular formula is C27H44O3. The molecule has 0 saturated heterocycles. The average molecular weight is 417 g/mol. The summed E-state index contributed by atoms with van der Waals surface area (Å²) < 4.78 is 0. The van der Waals surface area contributed by atoms with E-state index in [1.54, 1.807) is 5.57 Å². The Morgan fingerprint density at radius 2 is 1.70 bits per heavy atom. The summed E-state index contributed by atoms with van der Waals surface area (Å²) in [6.07, 6.45) is 16.5. The van der Waals surface area contributed by atoms with Gasteiger partial charge in [-0.2, -0.15) is 0 Å². The second kappa shape index (κ2) is 9.30. The van der Waals surface area contributed by atoms with E-state index in [1.807, 2.05) is 13.8 Å². The summed E-state index contributed by atoms with van der Waals surface area (Å²) in [4.78, 5) is 0. The molecular weight excluding hydrogens is 372 g/mol. The van der Waals surface area contributed by atoms with Crippen LogP contribution in [-0.4, -0.2) is 33.1 Å². The second-order valence-corrected chi connectivity index (χ2v) is 11.3. The molecule has 3 fully saturated rings. The standard InChI is InChI=1S/C27H44O3/c1-18(8-9-19(2)26(3,4)30)24-12-13-25-21(7-6-14-27(24,25)5)11-10-20-15-22(28)17-23(29)16-20/h8-11,18-19,22-25,28-30H,6-7,12-17H2,1-5H3/b9-8+,21-11+/t18-,19+,22+,23+,24+,25-,27-/m1/s1. The zero-order chi connectivity index (χ0) is 22.1. The third kappa shape index (κ3) is 5.29. The molecule has 0 aromatic heterocycles. The van der Waals surface area contributed by atoms with Gasteiger partial charge in [-0.25, -0.2) is 0 Å². The Kier molecular flexibility index (Phi) is 7.37. The Hall–Kier alpha value is -0.900. The summed E-state index contributed by atoms with van der Waals surface area (Å²) in [5, 5.41) is 30.2. The quantitative estimate of drug-likeness (QED) is 0.514. The van der Waals surface area contributed by atoms with Crippen molar-refractivity contribution in [3.05, 3.63) is 35.5 Å². The topological polar surface area (TPSA) is 60.7 Å². The van der Waals surface area contributed by atoms with E-state index < -0.39 is 17.8 Å². The largest absolute Gasteiger partial charge is 0.393 e. The molecule has 0 bridgehead atoms. The first-order valence-electron chi connectivity index (χ1n) is 12.2. The van der Waals surface area contributed by atoms with Gasteiger partial charge in [-0.05, 0) is 88.4 Å². The second-order valence-electron chi connectivity index (χ2n) is 11.3. The van der Waals surface area contributed by atoms with Crippen molar-refractivity contribution in [2.45, 2.75) is 104 Å². The van der Waals surface area contributed by atoms with Crippen LogP contribution in [0.2, 0.25) is 0 Å². The van der Waals surface area contributed by atoms with Gasteiger partial charge in [0.2, 0.25) is 0 Å². The Morgan fingerprint density at radius 1 is 1.03 bits per heavy atom. The van der Waals surface area contributed by atoms with E-state index in [0.29, 0.717) is 42.4 Å². The lowest BCUT2D eigenvalue weighted by molar-refractivity contribution is 0.0436. The molecule has 3 N–H and O–H groups in total. The van der Waals surface area contributed by atoms with Crippen molar-refractivity contribution in [2.75, 3.05) is 0 Å². The Bertz CT molecular complexity index is 671. The number of allylic oxidation sites excluding steroid dienone is 4. The minimum absolute atomic E-state index is 0.152. The minimum Gasteiger partial charge on any atom is -0.393 e. The first kappa shape index (κ1) is 23.8. The van der Waals surface area contributed by atoms with Gasteiger partial charge in [-0.1, -0.05) is 56.2 Å². The van der Waals surface area contributed by atoms with Crippen molar-refractivity contribution in [1.82, 2.24) is 0 Å². The van der Waals surface area contributed by atoms with Crippen LogP contribution in [0.3, 0.4) is 0 Å². The fraction of sp³-hybridized carbons (Fsp3) is 0.778. The SMILES string of the molecule is C[C@H](/C=C/[C@H](C)C(C)(C)O)[C@@H]1CC[C@@H]2/C(=C/C=C3C[C@H](O)C[C@@H](O)C3)CCC[C@@]21C. The number of aliphatic hydroxyl groups excluding tert-OH is 2. The Labute approximate surface area is 184 Å². The highest BCUT2D eigenvalue weighted by atomic mass is 16.3. The normalized spacial score (nSPS) is 38.7. The molecule has 0 aromatic rings. The summed E-state index contributed by atoms with van der Waals surface area (Å²) in [5.74, 6) is 2.00. The highest BCUT2D eigenvalue weighted by molar-refractivity contribution is 5.26. The van der Waals surface area contributed by atoms with Gasteiger partial charge in [-0.15, -0.1) is 0 Å². The number of rotatable bonds is 5. The molecule has 0 radical (unpaired) electrons. The highest BCUT2D eigenvalue weighted by Gasteiger charge is 2.50. The van der Waals surface area contributed by atoms with E-state index >= 15 is 0 Å². The van der Waals surface area contributed by atoms with Gasteiger partial charge in [0.15, 0.2) is 0 Å². The van der Waals surface area contributed by atoms with Gasteiger partial charge in [0, 0.05) is 5.92 Å². The molecule has 0 unspecified atom stereocenters. The third-order valence-electron chi connectivity index (χ3n) is 8.56. The van der Waals surface area contributed by atoms with Crippen LogP contribution in [-0.2, 0) is 0 Å². The van der Waals surface area contributed by atoms with Crippen LogP contribution in [0.4, 0.5) is 0 Å². The fourth-order valence-electron chi connectivity index (χ4n) is 6.39. The predicted octanol–water partition coefficient (Wildman–Crippen LogP) is 5.56. The van der Waals surface area contributed by atoms with Crippen molar-refractivity contribution in [3.63, 3.8) is 0 Å². The molecule has 0 aliphatic heterocycles. The van der Waals surface area contributed by atoms with E-state index in [1.165, 1.54) is 37.7 Å². The van der Waals surface area contributed by atoms with Gasteiger partial charge in [0.05, 0.1) is 17.8 Å². The van der Waals surface area contributed by atoms with E-state index in [9.17, 15) is 15.3 Å². The summed E-state index contributed by atoms with van der Waals surface area (Å²) in [6, 6.07) is 0. The molecule has 30 heavy (non-hydrogen) atoms. The number of hydrogen-bond donors (Lipinski definition) is 3. The monoisotopic (exact) mass is 416 g/mol. The molecule has 170 valence electrons.